The second kappa shape index (κ2) is 13.8. The maximum Gasteiger partial charge on any atom is 0.0691 e. The first-order valence-corrected chi connectivity index (χ1v) is 10.8. The molecule has 0 heterocycles. The van der Waals surface area contributed by atoms with Gasteiger partial charge in [-0.2, -0.15) is 0 Å². The number of unbranched alkanes of at least 4 members (excludes halogenated alkanes) is 3. The molecule has 0 aromatic carbocycles. The third-order valence-electron chi connectivity index (χ3n) is 3.52. The highest BCUT2D eigenvalue weighted by Gasteiger charge is 2.34. The Morgan fingerprint density at radius 2 is 1.06 bits per heavy atom. The van der Waals surface area contributed by atoms with Gasteiger partial charge in [0, 0.05) is 12.6 Å². The van der Waals surface area contributed by atoms with Gasteiger partial charge in [0.15, 0.2) is 0 Å². The first-order chi connectivity index (χ1) is 7.74. The zero-order valence-electron chi connectivity index (χ0n) is 12.0. The van der Waals surface area contributed by atoms with Crippen LogP contribution in [0, 0.1) is 0 Å². The van der Waals surface area contributed by atoms with E-state index in [1.807, 2.05) is 0 Å². The summed E-state index contributed by atoms with van der Waals surface area (Å²) in [4.78, 5) is 0. The lowest BCUT2D eigenvalue weighted by molar-refractivity contribution is -0.00000361. The van der Waals surface area contributed by atoms with Gasteiger partial charge in [0.1, 0.15) is 0 Å². The second-order valence-corrected chi connectivity index (χ2v) is 10.3. The Balaban J connectivity index is 0. The highest BCUT2D eigenvalue weighted by Crippen LogP contribution is 2.60. The van der Waals surface area contributed by atoms with Crippen LogP contribution < -0.4 is 17.0 Å². The molecule has 0 nitrogen and oxygen atoms in total. The highest BCUT2D eigenvalue weighted by atomic mass is 79.9. The minimum absolute atomic E-state index is 0. The van der Waals surface area contributed by atoms with Crippen molar-refractivity contribution >= 4 is 23.2 Å². The van der Waals surface area contributed by atoms with Crippen LogP contribution in [-0.4, -0.2) is 30.0 Å². The van der Waals surface area contributed by atoms with E-state index in [4.69, 9.17) is 0 Å². The Morgan fingerprint density at radius 3 is 1.29 bits per heavy atom. The van der Waals surface area contributed by atoms with Gasteiger partial charge in [0.25, 0.3) is 0 Å². The quantitative estimate of drug-likeness (QED) is 0.376. The smallest absolute Gasteiger partial charge is 0.0691 e. The van der Waals surface area contributed by atoms with Crippen molar-refractivity contribution in [2.24, 2.45) is 0 Å². The molecule has 0 spiro atoms. The van der Waals surface area contributed by atoms with Crippen molar-refractivity contribution in [2.75, 3.05) is 30.0 Å². The summed E-state index contributed by atoms with van der Waals surface area (Å²) in [5, 5.41) is 1.23. The number of hydrogen-bond acceptors (Lipinski definition) is 0. The molecule has 0 fully saturated rings. The largest absolute Gasteiger partial charge is 1.00 e. The first kappa shape index (κ1) is 20.7. The fourth-order valence-corrected chi connectivity index (χ4v) is 9.25. The summed E-state index contributed by atoms with van der Waals surface area (Å²) in [5.41, 5.74) is 0. The molecule has 3 heteroatoms. The van der Waals surface area contributed by atoms with Crippen LogP contribution in [0.15, 0.2) is 0 Å². The minimum Gasteiger partial charge on any atom is -1.00 e. The summed E-state index contributed by atoms with van der Waals surface area (Å²) in [5.74, 6) is 0. The molecule has 17 heavy (non-hydrogen) atoms. The maximum atomic E-state index is 3.69. The number of halogens is 2. The summed E-state index contributed by atoms with van der Waals surface area (Å²) >= 11 is 3.69. The molecule has 0 amide bonds. The van der Waals surface area contributed by atoms with Crippen molar-refractivity contribution < 1.29 is 17.0 Å². The van der Waals surface area contributed by atoms with E-state index in [1.165, 1.54) is 50.0 Å². The Hall–Kier alpha value is 1.39. The summed E-state index contributed by atoms with van der Waals surface area (Å²) in [6, 6.07) is 0. The predicted molar refractivity (Wildman–Crippen MR) is 84.9 cm³/mol. The predicted octanol–water partition coefficient (Wildman–Crippen LogP) is 2.80. The third-order valence-corrected chi connectivity index (χ3v) is 9.49. The lowest BCUT2D eigenvalue weighted by Crippen LogP contribution is -3.00. The van der Waals surface area contributed by atoms with Crippen molar-refractivity contribution in [3.63, 3.8) is 0 Å². The van der Waals surface area contributed by atoms with Crippen LogP contribution in [0.4, 0.5) is 0 Å². The Labute approximate surface area is 129 Å². The molecule has 0 unspecified atom stereocenters. The van der Waals surface area contributed by atoms with Crippen LogP contribution in [0.1, 0.15) is 59.3 Å². The zero-order valence-corrected chi connectivity index (χ0v) is 16.0. The molecule has 0 saturated heterocycles. The van der Waals surface area contributed by atoms with Gasteiger partial charge in [-0.25, -0.2) is 0 Å². The van der Waals surface area contributed by atoms with Crippen molar-refractivity contribution in [3.8, 4) is 0 Å². The van der Waals surface area contributed by atoms with Crippen LogP contribution in [0.25, 0.3) is 0 Å². The van der Waals surface area contributed by atoms with Gasteiger partial charge in [-0.1, -0.05) is 56.0 Å². The van der Waals surface area contributed by atoms with Gasteiger partial charge in [0.2, 0.25) is 0 Å². The van der Waals surface area contributed by atoms with Crippen LogP contribution in [-0.2, 0) is 0 Å². The van der Waals surface area contributed by atoms with E-state index in [2.05, 4.69) is 36.7 Å². The number of hydrogen-bond donors (Lipinski definition) is 0. The van der Waals surface area contributed by atoms with Crippen molar-refractivity contribution in [1.29, 1.82) is 0 Å². The SMILES string of the molecule is CCCC[P+](CCBr)(CCCC)CCCC.[Br-]. The zero-order chi connectivity index (χ0) is 12.3. The normalized spacial score (nSPS) is 11.3. The average molecular weight is 390 g/mol. The van der Waals surface area contributed by atoms with Gasteiger partial charge in [-0.15, -0.1) is 0 Å². The molecule has 0 bridgehead atoms. The molecule has 0 N–H and O–H groups in total. The van der Waals surface area contributed by atoms with E-state index in [0.717, 1.165) is 0 Å². The van der Waals surface area contributed by atoms with Crippen molar-refractivity contribution in [3.05, 3.63) is 0 Å². The fraction of sp³-hybridized carbons (Fsp3) is 1.00. The molecular formula is C14H31Br2P. The van der Waals surface area contributed by atoms with E-state index in [-0.39, 0.29) is 17.0 Å². The topological polar surface area (TPSA) is 0 Å². The molecule has 0 aromatic rings. The summed E-state index contributed by atoms with van der Waals surface area (Å²) in [6.45, 7) is 7.01. The number of alkyl halides is 1. The Morgan fingerprint density at radius 1 is 0.706 bits per heavy atom. The molecule has 0 aliphatic carbocycles. The molecule has 106 valence electrons. The van der Waals surface area contributed by atoms with Crippen LogP contribution in [0.3, 0.4) is 0 Å². The summed E-state index contributed by atoms with van der Waals surface area (Å²) < 4.78 is 0. The standard InChI is InChI=1S/C14H31BrP.BrH/c1-4-7-11-16(14-10-15,12-8-5-2)13-9-6-3;/h4-14H2,1-3H3;1H/q+1;/p-1. The molecule has 0 atom stereocenters. The third kappa shape index (κ3) is 9.91. The van der Waals surface area contributed by atoms with Crippen LogP contribution in [0.5, 0.6) is 0 Å². The molecule has 0 saturated carbocycles. The summed E-state index contributed by atoms with van der Waals surface area (Å²) in [7, 11) is -0.593. The van der Waals surface area contributed by atoms with Crippen molar-refractivity contribution in [2.45, 2.75) is 59.3 Å². The van der Waals surface area contributed by atoms with E-state index >= 15 is 0 Å². The number of rotatable bonds is 11. The second-order valence-electron chi connectivity index (χ2n) is 4.99. The van der Waals surface area contributed by atoms with E-state index in [1.54, 1.807) is 18.5 Å². The first-order valence-electron chi connectivity index (χ1n) is 7.15. The van der Waals surface area contributed by atoms with Gasteiger partial charge in [-0.3, -0.25) is 0 Å². The van der Waals surface area contributed by atoms with Gasteiger partial charge < -0.3 is 17.0 Å². The minimum atomic E-state index is -0.593. The Bertz CT molecular complexity index is 129. The molecule has 0 aliphatic heterocycles. The summed E-state index contributed by atoms with van der Waals surface area (Å²) in [6.07, 6.45) is 14.7. The maximum absolute atomic E-state index is 3.69. The molecule has 0 radical (unpaired) electrons. The van der Waals surface area contributed by atoms with Gasteiger partial charge in [-0.05, 0) is 19.3 Å². The van der Waals surface area contributed by atoms with Gasteiger partial charge >= 0.3 is 0 Å². The Kier molecular flexibility index (Phi) is 16.8. The van der Waals surface area contributed by atoms with E-state index in [0.29, 0.717) is 0 Å². The molecular weight excluding hydrogens is 359 g/mol. The fourth-order valence-electron chi connectivity index (χ4n) is 2.33. The molecule has 0 aliphatic rings. The van der Waals surface area contributed by atoms with Crippen molar-refractivity contribution in [1.82, 2.24) is 0 Å². The van der Waals surface area contributed by atoms with Crippen LogP contribution in [0.2, 0.25) is 0 Å². The van der Waals surface area contributed by atoms with E-state index in [9.17, 15) is 0 Å². The lowest BCUT2D eigenvalue weighted by Gasteiger charge is -2.27. The van der Waals surface area contributed by atoms with E-state index < -0.39 is 7.26 Å². The average Bonchev–Trinajstić information content (AvgIpc) is 2.31. The highest BCUT2D eigenvalue weighted by molar-refractivity contribution is 9.09. The van der Waals surface area contributed by atoms with Gasteiger partial charge in [0.05, 0.1) is 24.6 Å². The monoisotopic (exact) mass is 388 g/mol. The van der Waals surface area contributed by atoms with Crippen LogP contribution >= 0.6 is 23.2 Å². The molecule has 0 aromatic heterocycles. The molecule has 0 rings (SSSR count). The lowest BCUT2D eigenvalue weighted by atomic mass is 10.4.